The number of hydrogen-bond donors (Lipinski definition) is 2. The van der Waals surface area contributed by atoms with Crippen molar-refractivity contribution >= 4 is 5.96 Å². The van der Waals surface area contributed by atoms with Gasteiger partial charge >= 0.3 is 0 Å². The Balaban J connectivity index is 1.67. The molecular formula is C20H34N4O. The molecule has 1 aliphatic heterocycles. The highest BCUT2D eigenvalue weighted by Crippen LogP contribution is 2.19. The number of guanidine groups is 1. The van der Waals surface area contributed by atoms with Crippen LogP contribution >= 0.6 is 0 Å². The van der Waals surface area contributed by atoms with Gasteiger partial charge in [0.25, 0.3) is 0 Å². The van der Waals surface area contributed by atoms with E-state index in [0.29, 0.717) is 6.04 Å². The summed E-state index contributed by atoms with van der Waals surface area (Å²) in [6.45, 7) is 9.97. The Morgan fingerprint density at radius 3 is 2.80 bits per heavy atom. The molecule has 1 unspecified atom stereocenters. The zero-order valence-electron chi connectivity index (χ0n) is 16.1. The fraction of sp³-hybridized carbons (Fsp3) is 0.650. The predicted molar refractivity (Wildman–Crippen MR) is 105 cm³/mol. The fourth-order valence-corrected chi connectivity index (χ4v) is 3.17. The van der Waals surface area contributed by atoms with E-state index in [1.807, 2.05) is 14.0 Å². The number of rotatable bonds is 9. The molecule has 0 radical (unpaired) electrons. The molecule has 1 atom stereocenters. The number of aliphatic imine (C=N–C) groups is 1. The number of nitrogens with one attached hydrogen (secondary N) is 2. The van der Waals surface area contributed by atoms with Crippen LogP contribution in [0, 0.1) is 0 Å². The average molecular weight is 347 g/mol. The lowest BCUT2D eigenvalue weighted by atomic mass is 9.99. The van der Waals surface area contributed by atoms with Crippen LogP contribution in [0.3, 0.4) is 0 Å². The Bertz CT molecular complexity index is 532. The SMILES string of the molecule is CCOCCCCNC(=NC)NCC(C)N1CCc2ccccc2C1. The summed E-state index contributed by atoms with van der Waals surface area (Å²) < 4.78 is 5.36. The van der Waals surface area contributed by atoms with E-state index in [-0.39, 0.29) is 0 Å². The number of ether oxygens (including phenoxy) is 1. The quantitative estimate of drug-likeness (QED) is 0.410. The van der Waals surface area contributed by atoms with Gasteiger partial charge in [0.15, 0.2) is 5.96 Å². The van der Waals surface area contributed by atoms with Gasteiger partial charge in [0.05, 0.1) is 0 Å². The number of unbranched alkanes of at least 4 members (excludes halogenated alkanes) is 1. The van der Waals surface area contributed by atoms with Crippen LogP contribution in [0.25, 0.3) is 0 Å². The van der Waals surface area contributed by atoms with Crippen LogP contribution in [0.4, 0.5) is 0 Å². The first-order valence-electron chi connectivity index (χ1n) is 9.57. The third-order valence-corrected chi connectivity index (χ3v) is 4.78. The molecule has 2 rings (SSSR count). The van der Waals surface area contributed by atoms with Gasteiger partial charge in [-0.05, 0) is 44.2 Å². The molecule has 1 aromatic rings. The predicted octanol–water partition coefficient (Wildman–Crippen LogP) is 2.41. The Hall–Kier alpha value is -1.59. The molecule has 0 amide bonds. The van der Waals surface area contributed by atoms with E-state index in [0.717, 1.165) is 64.6 Å². The molecule has 0 fully saturated rings. The van der Waals surface area contributed by atoms with Crippen molar-refractivity contribution in [3.8, 4) is 0 Å². The molecule has 0 saturated heterocycles. The number of nitrogens with zero attached hydrogens (tertiary/aromatic N) is 2. The van der Waals surface area contributed by atoms with Gasteiger partial charge in [-0.25, -0.2) is 0 Å². The Morgan fingerprint density at radius 2 is 2.04 bits per heavy atom. The Morgan fingerprint density at radius 1 is 1.24 bits per heavy atom. The molecule has 1 heterocycles. The maximum atomic E-state index is 5.36. The van der Waals surface area contributed by atoms with Gasteiger partial charge in [-0.3, -0.25) is 9.89 Å². The summed E-state index contributed by atoms with van der Waals surface area (Å²) in [4.78, 5) is 6.87. The van der Waals surface area contributed by atoms with Crippen LogP contribution in [0.5, 0.6) is 0 Å². The van der Waals surface area contributed by atoms with Crippen LogP contribution in [-0.2, 0) is 17.7 Å². The zero-order chi connectivity index (χ0) is 17.9. The van der Waals surface area contributed by atoms with E-state index in [1.165, 1.54) is 11.1 Å². The van der Waals surface area contributed by atoms with Crippen molar-refractivity contribution in [2.75, 3.05) is 39.9 Å². The third kappa shape index (κ3) is 6.67. The summed E-state index contributed by atoms with van der Waals surface area (Å²) in [6, 6.07) is 9.27. The normalized spacial score (nSPS) is 16.4. The molecule has 0 aliphatic carbocycles. The smallest absolute Gasteiger partial charge is 0.191 e. The van der Waals surface area contributed by atoms with Crippen LogP contribution < -0.4 is 10.6 Å². The van der Waals surface area contributed by atoms with Crippen molar-refractivity contribution < 1.29 is 4.74 Å². The highest BCUT2D eigenvalue weighted by molar-refractivity contribution is 5.79. The zero-order valence-corrected chi connectivity index (χ0v) is 16.1. The summed E-state index contributed by atoms with van der Waals surface area (Å²) in [7, 11) is 1.83. The summed E-state index contributed by atoms with van der Waals surface area (Å²) in [5.74, 6) is 0.890. The first kappa shape index (κ1) is 19.7. The lowest BCUT2D eigenvalue weighted by Gasteiger charge is -2.34. The van der Waals surface area contributed by atoms with Crippen LogP contribution in [0.1, 0.15) is 37.8 Å². The van der Waals surface area contributed by atoms with E-state index >= 15 is 0 Å². The van der Waals surface area contributed by atoms with Crippen LogP contribution in [0.15, 0.2) is 29.3 Å². The second kappa shape index (κ2) is 11.1. The van der Waals surface area contributed by atoms with Gasteiger partial charge in [0, 0.05) is 52.5 Å². The molecule has 5 nitrogen and oxygen atoms in total. The van der Waals surface area contributed by atoms with E-state index < -0.39 is 0 Å². The second-order valence-electron chi connectivity index (χ2n) is 6.62. The molecule has 1 aromatic carbocycles. The molecule has 0 saturated carbocycles. The first-order valence-corrected chi connectivity index (χ1v) is 9.57. The van der Waals surface area contributed by atoms with Crippen molar-refractivity contribution in [2.45, 2.75) is 45.7 Å². The lowest BCUT2D eigenvalue weighted by Crippen LogP contribution is -2.47. The summed E-state index contributed by atoms with van der Waals surface area (Å²) >= 11 is 0. The molecule has 0 aromatic heterocycles. The van der Waals surface area contributed by atoms with E-state index in [9.17, 15) is 0 Å². The van der Waals surface area contributed by atoms with Crippen molar-refractivity contribution in [3.63, 3.8) is 0 Å². The lowest BCUT2D eigenvalue weighted by molar-refractivity contribution is 0.143. The van der Waals surface area contributed by atoms with Crippen LogP contribution in [0.2, 0.25) is 0 Å². The molecule has 140 valence electrons. The van der Waals surface area contributed by atoms with Gasteiger partial charge < -0.3 is 15.4 Å². The highest BCUT2D eigenvalue weighted by atomic mass is 16.5. The van der Waals surface area contributed by atoms with Crippen LogP contribution in [-0.4, -0.2) is 56.8 Å². The van der Waals surface area contributed by atoms with Gasteiger partial charge in [-0.2, -0.15) is 0 Å². The molecule has 25 heavy (non-hydrogen) atoms. The van der Waals surface area contributed by atoms with Gasteiger partial charge in [0.2, 0.25) is 0 Å². The average Bonchev–Trinajstić information content (AvgIpc) is 2.66. The third-order valence-electron chi connectivity index (χ3n) is 4.78. The van der Waals surface area contributed by atoms with Crippen molar-refractivity contribution in [1.82, 2.24) is 15.5 Å². The van der Waals surface area contributed by atoms with Gasteiger partial charge in [-0.15, -0.1) is 0 Å². The molecule has 2 N–H and O–H groups in total. The monoisotopic (exact) mass is 346 g/mol. The topological polar surface area (TPSA) is 48.9 Å². The molecule has 0 spiro atoms. The summed E-state index contributed by atoms with van der Waals surface area (Å²) in [6.07, 6.45) is 3.33. The molecule has 5 heteroatoms. The maximum Gasteiger partial charge on any atom is 0.191 e. The molecule has 0 bridgehead atoms. The minimum absolute atomic E-state index is 0.477. The number of benzene rings is 1. The van der Waals surface area contributed by atoms with E-state index in [2.05, 4.69) is 51.7 Å². The fourth-order valence-electron chi connectivity index (χ4n) is 3.17. The van der Waals surface area contributed by atoms with E-state index in [1.54, 1.807) is 0 Å². The second-order valence-corrected chi connectivity index (χ2v) is 6.62. The summed E-state index contributed by atoms with van der Waals surface area (Å²) in [5.41, 5.74) is 2.97. The van der Waals surface area contributed by atoms with E-state index in [4.69, 9.17) is 4.74 Å². The largest absolute Gasteiger partial charge is 0.382 e. The van der Waals surface area contributed by atoms with Crippen molar-refractivity contribution in [2.24, 2.45) is 4.99 Å². The molecular weight excluding hydrogens is 312 g/mol. The Kier molecular flexibility index (Phi) is 8.77. The molecule has 1 aliphatic rings. The van der Waals surface area contributed by atoms with Gasteiger partial charge in [0.1, 0.15) is 0 Å². The van der Waals surface area contributed by atoms with Crippen molar-refractivity contribution in [3.05, 3.63) is 35.4 Å². The minimum Gasteiger partial charge on any atom is -0.382 e. The maximum absolute atomic E-state index is 5.36. The highest BCUT2D eigenvalue weighted by Gasteiger charge is 2.20. The minimum atomic E-state index is 0.477. The van der Waals surface area contributed by atoms with Gasteiger partial charge in [-0.1, -0.05) is 24.3 Å². The summed E-state index contributed by atoms with van der Waals surface area (Å²) in [5, 5.41) is 6.84. The Labute approximate surface area is 152 Å². The van der Waals surface area contributed by atoms with Crippen molar-refractivity contribution in [1.29, 1.82) is 0 Å². The number of hydrogen-bond acceptors (Lipinski definition) is 3. The standard InChI is InChI=1S/C20H34N4O/c1-4-25-14-8-7-12-22-20(21-3)23-15-17(2)24-13-11-18-9-5-6-10-19(18)16-24/h5-6,9-10,17H,4,7-8,11-16H2,1-3H3,(H2,21,22,23). The number of fused-ring (bicyclic) bond motifs is 1. The first-order chi connectivity index (χ1) is 12.2.